The molecule has 1 aliphatic rings. The van der Waals surface area contributed by atoms with Crippen molar-refractivity contribution < 1.29 is 0 Å². The lowest BCUT2D eigenvalue weighted by Gasteiger charge is -2.03. The van der Waals surface area contributed by atoms with Gasteiger partial charge in [-0.2, -0.15) is 5.10 Å². The number of nitrogens with zero attached hydrogens (tertiary/aromatic N) is 1. The molecular weight excluding hydrogens is 258 g/mol. The van der Waals surface area contributed by atoms with Crippen LogP contribution in [-0.4, -0.2) is 17.2 Å². The Balaban J connectivity index is 1.72. The molecule has 21 heavy (non-hydrogen) atoms. The molecule has 0 aliphatic heterocycles. The van der Waals surface area contributed by atoms with Crippen LogP contribution >= 0.6 is 0 Å². The Morgan fingerprint density at radius 1 is 1.05 bits per heavy atom. The van der Waals surface area contributed by atoms with Gasteiger partial charge in [0.25, 0.3) is 0 Å². The van der Waals surface area contributed by atoms with Crippen LogP contribution in [0.15, 0.2) is 48.5 Å². The van der Waals surface area contributed by atoms with Gasteiger partial charge in [0.05, 0.1) is 5.69 Å². The molecule has 0 spiro atoms. The van der Waals surface area contributed by atoms with Gasteiger partial charge < -0.3 is 5.32 Å². The van der Waals surface area contributed by atoms with Gasteiger partial charge in [-0.05, 0) is 47.9 Å². The number of benzene rings is 2. The lowest BCUT2D eigenvalue weighted by Crippen LogP contribution is -2.04. The number of H-pyrrole nitrogens is 1. The van der Waals surface area contributed by atoms with Gasteiger partial charge >= 0.3 is 0 Å². The van der Waals surface area contributed by atoms with Gasteiger partial charge in [-0.25, -0.2) is 0 Å². The van der Waals surface area contributed by atoms with Gasteiger partial charge in [0.2, 0.25) is 0 Å². The maximum Gasteiger partial charge on any atom is 0.0924 e. The summed E-state index contributed by atoms with van der Waals surface area (Å²) in [5, 5.41) is 10.6. The fraction of sp³-hybridized carbons (Fsp3) is 0.167. The first-order valence-electron chi connectivity index (χ1n) is 7.25. The molecule has 104 valence electrons. The Hall–Kier alpha value is -2.39. The highest BCUT2D eigenvalue weighted by Gasteiger charge is 2.18. The fourth-order valence-electron chi connectivity index (χ4n) is 3.09. The first-order valence-corrected chi connectivity index (χ1v) is 7.25. The summed E-state index contributed by atoms with van der Waals surface area (Å²) in [4.78, 5) is 0. The van der Waals surface area contributed by atoms with Crippen molar-refractivity contribution >= 4 is 0 Å². The normalized spacial score (nSPS) is 12.2. The summed E-state index contributed by atoms with van der Waals surface area (Å²) in [6.07, 6.45) is 1.02. The maximum absolute atomic E-state index is 4.41. The highest BCUT2D eigenvalue weighted by Crippen LogP contribution is 2.38. The molecule has 3 nitrogen and oxygen atoms in total. The van der Waals surface area contributed by atoms with Gasteiger partial charge in [-0.15, -0.1) is 0 Å². The molecule has 1 heterocycles. The van der Waals surface area contributed by atoms with E-state index in [9.17, 15) is 0 Å². The van der Waals surface area contributed by atoms with Crippen molar-refractivity contribution in [2.24, 2.45) is 0 Å². The third-order valence-corrected chi connectivity index (χ3v) is 4.09. The molecule has 2 aromatic carbocycles. The standard InChI is InChI=1S/C18H17N3/c1-19-11-15-10-18(21-20-15)13-6-7-17-14(9-13)8-12-4-2-3-5-16(12)17/h2-7,9-10,19H,8,11H2,1H3,(H,20,21). The predicted molar refractivity (Wildman–Crippen MR) is 85.0 cm³/mol. The van der Waals surface area contributed by atoms with Crippen molar-refractivity contribution in [2.45, 2.75) is 13.0 Å². The summed E-state index contributed by atoms with van der Waals surface area (Å²) in [7, 11) is 1.94. The van der Waals surface area contributed by atoms with Crippen LogP contribution in [0.25, 0.3) is 22.4 Å². The Morgan fingerprint density at radius 2 is 1.90 bits per heavy atom. The minimum Gasteiger partial charge on any atom is -0.314 e. The van der Waals surface area contributed by atoms with Crippen LogP contribution in [0.3, 0.4) is 0 Å². The van der Waals surface area contributed by atoms with Crippen LogP contribution < -0.4 is 5.32 Å². The van der Waals surface area contributed by atoms with E-state index in [-0.39, 0.29) is 0 Å². The molecule has 0 saturated heterocycles. The summed E-state index contributed by atoms with van der Waals surface area (Å²) in [6, 6.07) is 17.4. The van der Waals surface area contributed by atoms with E-state index in [1.807, 2.05) is 7.05 Å². The lowest BCUT2D eigenvalue weighted by atomic mass is 10.0. The Morgan fingerprint density at radius 3 is 2.81 bits per heavy atom. The molecule has 3 aromatic rings. The molecule has 0 fully saturated rings. The fourth-order valence-corrected chi connectivity index (χ4v) is 3.09. The predicted octanol–water partition coefficient (Wildman–Crippen LogP) is 3.37. The summed E-state index contributed by atoms with van der Waals surface area (Å²) in [6.45, 7) is 0.809. The third kappa shape index (κ3) is 2.06. The van der Waals surface area contributed by atoms with Crippen molar-refractivity contribution in [2.75, 3.05) is 7.05 Å². The van der Waals surface area contributed by atoms with E-state index in [1.165, 1.54) is 27.8 Å². The van der Waals surface area contributed by atoms with Crippen molar-refractivity contribution in [3.8, 4) is 22.4 Å². The molecular formula is C18H17N3. The van der Waals surface area contributed by atoms with Gasteiger partial charge in [0.1, 0.15) is 0 Å². The Labute approximate surface area is 124 Å². The molecule has 0 bridgehead atoms. The topological polar surface area (TPSA) is 40.7 Å². The average molecular weight is 275 g/mol. The molecule has 0 unspecified atom stereocenters. The van der Waals surface area contributed by atoms with Crippen LogP contribution in [0.5, 0.6) is 0 Å². The number of hydrogen-bond acceptors (Lipinski definition) is 2. The van der Waals surface area contributed by atoms with Crippen molar-refractivity contribution in [1.29, 1.82) is 0 Å². The summed E-state index contributed by atoms with van der Waals surface area (Å²) in [5.74, 6) is 0. The zero-order valence-electron chi connectivity index (χ0n) is 12.0. The molecule has 1 aromatic heterocycles. The number of aromatic amines is 1. The molecule has 4 rings (SSSR count). The molecule has 0 saturated carbocycles. The quantitative estimate of drug-likeness (QED) is 0.602. The molecule has 0 radical (unpaired) electrons. The number of nitrogens with one attached hydrogen (secondary N) is 2. The SMILES string of the molecule is CNCc1cc(-c2ccc3c(c2)Cc2ccccc2-3)n[nH]1. The molecule has 3 heteroatoms. The zero-order valence-corrected chi connectivity index (χ0v) is 12.0. The largest absolute Gasteiger partial charge is 0.314 e. The first kappa shape index (κ1) is 12.4. The minimum absolute atomic E-state index is 0.809. The van der Waals surface area contributed by atoms with E-state index >= 15 is 0 Å². The van der Waals surface area contributed by atoms with E-state index in [0.717, 1.165) is 24.4 Å². The van der Waals surface area contributed by atoms with Crippen LogP contribution in [0.1, 0.15) is 16.8 Å². The summed E-state index contributed by atoms with van der Waals surface area (Å²) < 4.78 is 0. The van der Waals surface area contributed by atoms with Crippen LogP contribution in [0.4, 0.5) is 0 Å². The number of rotatable bonds is 3. The minimum atomic E-state index is 0.809. The number of fused-ring (bicyclic) bond motifs is 3. The van der Waals surface area contributed by atoms with Gasteiger partial charge in [-0.3, -0.25) is 5.10 Å². The van der Waals surface area contributed by atoms with Crippen molar-refractivity contribution in [3.05, 3.63) is 65.4 Å². The monoisotopic (exact) mass is 275 g/mol. The Kier molecular flexibility index (Phi) is 2.86. The highest BCUT2D eigenvalue weighted by molar-refractivity contribution is 5.79. The summed E-state index contributed by atoms with van der Waals surface area (Å²) in [5.41, 5.74) is 8.85. The van der Waals surface area contributed by atoms with E-state index in [4.69, 9.17) is 0 Å². The van der Waals surface area contributed by atoms with Gasteiger partial charge in [0, 0.05) is 17.8 Å². The molecule has 1 aliphatic carbocycles. The van der Waals surface area contributed by atoms with Crippen LogP contribution in [0, 0.1) is 0 Å². The third-order valence-electron chi connectivity index (χ3n) is 4.09. The van der Waals surface area contributed by atoms with E-state index in [2.05, 4.69) is 64.0 Å². The maximum atomic E-state index is 4.41. The average Bonchev–Trinajstić information content (AvgIpc) is 3.11. The van der Waals surface area contributed by atoms with Crippen molar-refractivity contribution in [1.82, 2.24) is 15.5 Å². The van der Waals surface area contributed by atoms with Crippen LogP contribution in [-0.2, 0) is 13.0 Å². The number of hydrogen-bond donors (Lipinski definition) is 2. The lowest BCUT2D eigenvalue weighted by molar-refractivity contribution is 0.784. The number of aromatic nitrogens is 2. The van der Waals surface area contributed by atoms with E-state index in [0.29, 0.717) is 0 Å². The Bertz CT molecular complexity index is 802. The van der Waals surface area contributed by atoms with Crippen molar-refractivity contribution in [3.63, 3.8) is 0 Å². The van der Waals surface area contributed by atoms with E-state index < -0.39 is 0 Å². The molecule has 2 N–H and O–H groups in total. The van der Waals surface area contributed by atoms with Gasteiger partial charge in [0.15, 0.2) is 0 Å². The van der Waals surface area contributed by atoms with Gasteiger partial charge in [-0.1, -0.05) is 36.4 Å². The second-order valence-corrected chi connectivity index (χ2v) is 5.51. The van der Waals surface area contributed by atoms with E-state index in [1.54, 1.807) is 0 Å². The molecule has 0 amide bonds. The smallest absolute Gasteiger partial charge is 0.0924 e. The second kappa shape index (κ2) is 4.86. The van der Waals surface area contributed by atoms with Crippen LogP contribution in [0.2, 0.25) is 0 Å². The highest BCUT2D eigenvalue weighted by atomic mass is 15.1. The first-order chi connectivity index (χ1) is 10.3. The molecule has 0 atom stereocenters. The zero-order chi connectivity index (χ0) is 14.2. The summed E-state index contributed by atoms with van der Waals surface area (Å²) >= 11 is 0. The second-order valence-electron chi connectivity index (χ2n) is 5.51.